The molecule has 1 N–H and O–H groups in total. The average molecular weight is 279 g/mol. The molecule has 0 aliphatic heterocycles. The number of imidazole rings is 1. The maximum atomic E-state index is 4.41. The third-order valence-electron chi connectivity index (χ3n) is 4.12. The van der Waals surface area contributed by atoms with Gasteiger partial charge in [-0.25, -0.2) is 4.98 Å². The number of aryl methyl sites for hydroxylation is 2. The molecule has 1 aromatic heterocycles. The summed E-state index contributed by atoms with van der Waals surface area (Å²) in [4.78, 5) is 4.41. The van der Waals surface area contributed by atoms with Crippen molar-refractivity contribution < 1.29 is 0 Å². The second-order valence-corrected chi connectivity index (χ2v) is 5.40. The molecule has 0 amide bonds. The highest BCUT2D eigenvalue weighted by Crippen LogP contribution is 2.26. The molecule has 1 atom stereocenters. The molecule has 0 fully saturated rings. The standard InChI is InChI=1S/C18H21N3/c1-19-17(10-11-18-20-12-13-21(18)2)16-9-5-7-14-6-3-4-8-15(14)16/h3-9,12-13,17,19H,10-11H2,1-2H3. The van der Waals surface area contributed by atoms with Crippen LogP contribution in [0.5, 0.6) is 0 Å². The maximum absolute atomic E-state index is 4.41. The lowest BCUT2D eigenvalue weighted by molar-refractivity contribution is 0.539. The Balaban J connectivity index is 1.86. The summed E-state index contributed by atoms with van der Waals surface area (Å²) in [6, 6.07) is 15.5. The summed E-state index contributed by atoms with van der Waals surface area (Å²) in [5.74, 6) is 1.13. The fourth-order valence-electron chi connectivity index (χ4n) is 2.92. The Hall–Kier alpha value is -2.13. The van der Waals surface area contributed by atoms with Gasteiger partial charge in [0.15, 0.2) is 0 Å². The summed E-state index contributed by atoms with van der Waals surface area (Å²) in [7, 11) is 4.08. The minimum absolute atomic E-state index is 0.341. The third-order valence-corrected chi connectivity index (χ3v) is 4.12. The zero-order valence-corrected chi connectivity index (χ0v) is 12.6. The van der Waals surface area contributed by atoms with Crippen LogP contribution in [-0.4, -0.2) is 16.6 Å². The first kappa shape index (κ1) is 13.8. The molecular weight excluding hydrogens is 258 g/mol. The van der Waals surface area contributed by atoms with Crippen molar-refractivity contribution in [2.75, 3.05) is 7.05 Å². The molecule has 0 spiro atoms. The number of nitrogens with one attached hydrogen (secondary N) is 1. The normalized spacial score (nSPS) is 12.7. The first-order valence-corrected chi connectivity index (χ1v) is 7.40. The number of hydrogen-bond acceptors (Lipinski definition) is 2. The molecule has 0 saturated heterocycles. The van der Waals surface area contributed by atoms with Crippen LogP contribution in [0.4, 0.5) is 0 Å². The van der Waals surface area contributed by atoms with Crippen LogP contribution in [0.25, 0.3) is 10.8 Å². The van der Waals surface area contributed by atoms with E-state index in [1.807, 2.05) is 19.4 Å². The van der Waals surface area contributed by atoms with E-state index in [0.29, 0.717) is 6.04 Å². The van der Waals surface area contributed by atoms with E-state index in [1.54, 1.807) is 0 Å². The summed E-state index contributed by atoms with van der Waals surface area (Å²) in [6.45, 7) is 0. The van der Waals surface area contributed by atoms with Gasteiger partial charge in [-0.1, -0.05) is 42.5 Å². The molecule has 2 aromatic carbocycles. The smallest absolute Gasteiger partial charge is 0.108 e. The van der Waals surface area contributed by atoms with Crippen molar-refractivity contribution >= 4 is 10.8 Å². The number of benzene rings is 2. The number of hydrogen-bond donors (Lipinski definition) is 1. The number of rotatable bonds is 5. The molecule has 1 unspecified atom stereocenters. The van der Waals surface area contributed by atoms with E-state index in [2.05, 4.69) is 64.4 Å². The third kappa shape index (κ3) is 2.83. The summed E-state index contributed by atoms with van der Waals surface area (Å²) in [6.07, 6.45) is 5.87. The van der Waals surface area contributed by atoms with E-state index in [0.717, 1.165) is 18.7 Å². The van der Waals surface area contributed by atoms with Gasteiger partial charge in [0.2, 0.25) is 0 Å². The van der Waals surface area contributed by atoms with Crippen molar-refractivity contribution in [3.63, 3.8) is 0 Å². The SMILES string of the molecule is CNC(CCc1nccn1C)c1cccc2ccccc12. The van der Waals surface area contributed by atoms with Crippen LogP contribution < -0.4 is 5.32 Å². The first-order chi connectivity index (χ1) is 10.3. The summed E-state index contributed by atoms with van der Waals surface area (Å²) >= 11 is 0. The van der Waals surface area contributed by atoms with E-state index < -0.39 is 0 Å². The van der Waals surface area contributed by atoms with Crippen LogP contribution >= 0.6 is 0 Å². The second kappa shape index (κ2) is 6.10. The fourth-order valence-corrected chi connectivity index (χ4v) is 2.92. The highest BCUT2D eigenvalue weighted by molar-refractivity contribution is 5.86. The molecular formula is C18H21N3. The van der Waals surface area contributed by atoms with E-state index in [4.69, 9.17) is 0 Å². The molecule has 3 heteroatoms. The van der Waals surface area contributed by atoms with Gasteiger partial charge in [-0.15, -0.1) is 0 Å². The molecule has 21 heavy (non-hydrogen) atoms. The van der Waals surface area contributed by atoms with Crippen LogP contribution in [0.3, 0.4) is 0 Å². The van der Waals surface area contributed by atoms with Gasteiger partial charge in [0, 0.05) is 31.9 Å². The Morgan fingerprint density at radius 3 is 2.71 bits per heavy atom. The topological polar surface area (TPSA) is 29.9 Å². The number of nitrogens with zero attached hydrogens (tertiary/aromatic N) is 2. The van der Waals surface area contributed by atoms with Gasteiger partial charge in [0.1, 0.15) is 5.82 Å². The molecule has 0 aliphatic carbocycles. The first-order valence-electron chi connectivity index (χ1n) is 7.40. The Morgan fingerprint density at radius 1 is 1.14 bits per heavy atom. The average Bonchev–Trinajstić information content (AvgIpc) is 2.93. The monoisotopic (exact) mass is 279 g/mol. The van der Waals surface area contributed by atoms with E-state index in [9.17, 15) is 0 Å². The molecule has 0 saturated carbocycles. The molecule has 1 heterocycles. The molecule has 3 rings (SSSR count). The summed E-state index contributed by atoms with van der Waals surface area (Å²) in [5.41, 5.74) is 1.37. The molecule has 0 aliphatic rings. The Kier molecular flexibility index (Phi) is 4.02. The molecule has 0 bridgehead atoms. The number of fused-ring (bicyclic) bond motifs is 1. The quantitative estimate of drug-likeness (QED) is 0.775. The Labute approximate surface area is 125 Å². The zero-order valence-electron chi connectivity index (χ0n) is 12.6. The maximum Gasteiger partial charge on any atom is 0.108 e. The molecule has 3 aromatic rings. The summed E-state index contributed by atoms with van der Waals surface area (Å²) < 4.78 is 2.09. The molecule has 3 nitrogen and oxygen atoms in total. The number of aromatic nitrogens is 2. The van der Waals surface area contributed by atoms with Crippen LogP contribution in [0.15, 0.2) is 54.9 Å². The fraction of sp³-hybridized carbons (Fsp3) is 0.278. The minimum Gasteiger partial charge on any atom is -0.338 e. The highest BCUT2D eigenvalue weighted by atomic mass is 15.0. The predicted octanol–water partition coefficient (Wildman–Crippen LogP) is 3.47. The van der Waals surface area contributed by atoms with Crippen molar-refractivity contribution in [2.45, 2.75) is 18.9 Å². The summed E-state index contributed by atoms with van der Waals surface area (Å²) in [5, 5.41) is 6.09. The van der Waals surface area contributed by atoms with Gasteiger partial charge < -0.3 is 9.88 Å². The minimum atomic E-state index is 0.341. The van der Waals surface area contributed by atoms with E-state index in [-0.39, 0.29) is 0 Å². The lowest BCUT2D eigenvalue weighted by Gasteiger charge is -2.18. The molecule has 108 valence electrons. The second-order valence-electron chi connectivity index (χ2n) is 5.40. The van der Waals surface area contributed by atoms with Crippen LogP contribution in [0.2, 0.25) is 0 Å². The van der Waals surface area contributed by atoms with E-state index >= 15 is 0 Å². The van der Waals surface area contributed by atoms with Gasteiger partial charge in [-0.3, -0.25) is 0 Å². The van der Waals surface area contributed by atoms with Crippen molar-refractivity contribution in [3.8, 4) is 0 Å². The van der Waals surface area contributed by atoms with Crippen molar-refractivity contribution in [2.24, 2.45) is 7.05 Å². The van der Waals surface area contributed by atoms with Gasteiger partial charge in [0.05, 0.1) is 0 Å². The largest absolute Gasteiger partial charge is 0.338 e. The lowest BCUT2D eigenvalue weighted by Crippen LogP contribution is -2.18. The van der Waals surface area contributed by atoms with Gasteiger partial charge in [-0.2, -0.15) is 0 Å². The van der Waals surface area contributed by atoms with Crippen LogP contribution in [-0.2, 0) is 13.5 Å². The van der Waals surface area contributed by atoms with Crippen LogP contribution in [0.1, 0.15) is 23.9 Å². The Bertz CT molecular complexity index is 725. The van der Waals surface area contributed by atoms with Crippen LogP contribution in [0, 0.1) is 0 Å². The van der Waals surface area contributed by atoms with Crippen molar-refractivity contribution in [1.29, 1.82) is 0 Å². The zero-order chi connectivity index (χ0) is 14.7. The lowest BCUT2D eigenvalue weighted by atomic mass is 9.96. The van der Waals surface area contributed by atoms with E-state index in [1.165, 1.54) is 16.3 Å². The van der Waals surface area contributed by atoms with Crippen molar-refractivity contribution in [3.05, 3.63) is 66.2 Å². The predicted molar refractivity (Wildman–Crippen MR) is 87.3 cm³/mol. The Morgan fingerprint density at radius 2 is 1.95 bits per heavy atom. The highest BCUT2D eigenvalue weighted by Gasteiger charge is 2.13. The van der Waals surface area contributed by atoms with Crippen molar-refractivity contribution in [1.82, 2.24) is 14.9 Å². The van der Waals surface area contributed by atoms with Gasteiger partial charge >= 0.3 is 0 Å². The van der Waals surface area contributed by atoms with Gasteiger partial charge in [0.25, 0.3) is 0 Å². The van der Waals surface area contributed by atoms with Gasteiger partial charge in [-0.05, 0) is 29.8 Å². The molecule has 0 radical (unpaired) electrons.